The van der Waals surface area contributed by atoms with Crippen molar-refractivity contribution in [1.29, 1.82) is 0 Å². The second kappa shape index (κ2) is 9.21. The molecule has 40 heavy (non-hydrogen) atoms. The van der Waals surface area contributed by atoms with Gasteiger partial charge in [0.25, 0.3) is 0 Å². The van der Waals surface area contributed by atoms with Crippen molar-refractivity contribution in [1.82, 2.24) is 0 Å². The minimum absolute atomic E-state index is 0.188. The predicted molar refractivity (Wildman–Crippen MR) is 167 cm³/mol. The summed E-state index contributed by atoms with van der Waals surface area (Å²) >= 11 is 0. The van der Waals surface area contributed by atoms with Gasteiger partial charge in [-0.3, -0.25) is 0 Å². The SMILES string of the molecule is c1ccc(N(c2ccccc2)c2cc3c4c(c2)N(c2ccccc2)c2ccccc2B4Oc2ccccc2-3)cc1. The van der Waals surface area contributed by atoms with Crippen molar-refractivity contribution < 1.29 is 4.65 Å². The smallest absolute Gasteiger partial charge is 0.431 e. The number of rotatable bonds is 4. The van der Waals surface area contributed by atoms with E-state index in [1.54, 1.807) is 0 Å². The summed E-state index contributed by atoms with van der Waals surface area (Å²) in [6.45, 7) is -0.188. The molecule has 0 spiro atoms. The Morgan fingerprint density at radius 1 is 0.500 bits per heavy atom. The van der Waals surface area contributed by atoms with Gasteiger partial charge in [0.15, 0.2) is 0 Å². The lowest BCUT2D eigenvalue weighted by Crippen LogP contribution is -2.56. The number of hydrogen-bond acceptors (Lipinski definition) is 3. The quantitative estimate of drug-likeness (QED) is 0.222. The van der Waals surface area contributed by atoms with Crippen molar-refractivity contribution in [3.8, 4) is 16.9 Å². The highest BCUT2D eigenvalue weighted by Crippen LogP contribution is 2.46. The summed E-state index contributed by atoms with van der Waals surface area (Å²) in [6, 6.07) is 53.5. The molecule has 0 N–H and O–H groups in total. The Labute approximate surface area is 234 Å². The fourth-order valence-corrected chi connectivity index (χ4v) is 6.13. The zero-order valence-corrected chi connectivity index (χ0v) is 21.8. The highest BCUT2D eigenvalue weighted by molar-refractivity contribution is 6.85. The molecule has 0 atom stereocenters. The summed E-state index contributed by atoms with van der Waals surface area (Å²) in [5.74, 6) is 0.914. The van der Waals surface area contributed by atoms with E-state index in [0.717, 1.165) is 45.4 Å². The molecular formula is C36H25BN2O. The Hall–Kier alpha value is -5.22. The molecule has 0 saturated carbocycles. The topological polar surface area (TPSA) is 15.7 Å². The lowest BCUT2D eigenvalue weighted by molar-refractivity contribution is 0.590. The van der Waals surface area contributed by atoms with Gasteiger partial charge in [-0.25, -0.2) is 0 Å². The van der Waals surface area contributed by atoms with Crippen LogP contribution in [-0.2, 0) is 0 Å². The van der Waals surface area contributed by atoms with E-state index in [-0.39, 0.29) is 6.92 Å². The van der Waals surface area contributed by atoms with Crippen LogP contribution < -0.4 is 25.4 Å². The van der Waals surface area contributed by atoms with Crippen LogP contribution in [0.3, 0.4) is 0 Å². The van der Waals surface area contributed by atoms with E-state index in [2.05, 4.69) is 161 Å². The standard InChI is InChI=1S/C36H25BN2O/c1-4-14-26(15-5-1)38(27-16-6-2-7-17-27)29-24-31-30-20-10-13-23-35(30)40-37-32-21-11-12-22-33(32)39(34(25-29)36(31)37)28-18-8-3-9-19-28/h1-25H. The highest BCUT2D eigenvalue weighted by atomic mass is 16.4. The van der Waals surface area contributed by atoms with Crippen molar-refractivity contribution in [2.75, 3.05) is 9.80 Å². The molecule has 188 valence electrons. The molecule has 0 amide bonds. The van der Waals surface area contributed by atoms with Gasteiger partial charge in [-0.15, -0.1) is 0 Å². The lowest BCUT2D eigenvalue weighted by Gasteiger charge is -2.40. The third-order valence-electron chi connectivity index (χ3n) is 7.83. The third-order valence-corrected chi connectivity index (χ3v) is 7.83. The minimum Gasteiger partial charge on any atom is -0.551 e. The predicted octanol–water partition coefficient (Wildman–Crippen LogP) is 8.10. The van der Waals surface area contributed by atoms with Crippen LogP contribution in [0.15, 0.2) is 152 Å². The summed E-state index contributed by atoms with van der Waals surface area (Å²) in [4.78, 5) is 4.73. The number of para-hydroxylation sites is 5. The van der Waals surface area contributed by atoms with Crippen molar-refractivity contribution in [2.45, 2.75) is 0 Å². The van der Waals surface area contributed by atoms with E-state index in [1.807, 2.05) is 0 Å². The van der Waals surface area contributed by atoms with E-state index in [1.165, 1.54) is 16.5 Å². The maximum atomic E-state index is 6.78. The first-order valence-corrected chi connectivity index (χ1v) is 13.7. The van der Waals surface area contributed by atoms with Crippen LogP contribution in [0.1, 0.15) is 0 Å². The van der Waals surface area contributed by atoms with Crippen molar-refractivity contribution >= 4 is 52.0 Å². The molecule has 2 aliphatic heterocycles. The monoisotopic (exact) mass is 512 g/mol. The molecule has 0 fully saturated rings. The molecule has 2 heterocycles. The maximum absolute atomic E-state index is 6.78. The first-order valence-electron chi connectivity index (χ1n) is 13.7. The Kier molecular flexibility index (Phi) is 5.24. The highest BCUT2D eigenvalue weighted by Gasteiger charge is 2.42. The minimum atomic E-state index is -0.188. The molecule has 0 saturated heterocycles. The molecule has 0 radical (unpaired) electrons. The van der Waals surface area contributed by atoms with Crippen LogP contribution in [0.2, 0.25) is 0 Å². The van der Waals surface area contributed by atoms with Gasteiger partial charge in [0.2, 0.25) is 0 Å². The Morgan fingerprint density at radius 2 is 1.10 bits per heavy atom. The lowest BCUT2D eigenvalue weighted by atomic mass is 9.49. The molecule has 0 unspecified atom stereocenters. The second-order valence-electron chi connectivity index (χ2n) is 10.2. The van der Waals surface area contributed by atoms with Crippen LogP contribution in [0.4, 0.5) is 34.1 Å². The molecule has 6 aromatic carbocycles. The van der Waals surface area contributed by atoms with Gasteiger partial charge in [-0.05, 0) is 71.7 Å². The molecule has 0 aliphatic carbocycles. The average Bonchev–Trinajstić information content (AvgIpc) is 3.03. The third kappa shape index (κ3) is 3.54. The average molecular weight is 512 g/mol. The van der Waals surface area contributed by atoms with E-state index >= 15 is 0 Å². The maximum Gasteiger partial charge on any atom is 0.431 e. The number of benzene rings is 6. The summed E-state index contributed by atoms with van der Waals surface area (Å²) in [7, 11) is 0. The van der Waals surface area contributed by atoms with Gasteiger partial charge < -0.3 is 14.5 Å². The summed E-state index contributed by atoms with van der Waals surface area (Å²) in [5, 5.41) is 0. The van der Waals surface area contributed by atoms with Crippen LogP contribution >= 0.6 is 0 Å². The first-order chi connectivity index (χ1) is 19.9. The van der Waals surface area contributed by atoms with Crippen LogP contribution in [0.5, 0.6) is 5.75 Å². The Bertz CT molecular complexity index is 1800. The normalized spacial score (nSPS) is 12.6. The van der Waals surface area contributed by atoms with Gasteiger partial charge in [-0.1, -0.05) is 91.0 Å². The van der Waals surface area contributed by atoms with Crippen LogP contribution in [0, 0.1) is 0 Å². The molecule has 4 heteroatoms. The Morgan fingerprint density at radius 3 is 1.82 bits per heavy atom. The molecular weight excluding hydrogens is 487 g/mol. The van der Waals surface area contributed by atoms with Crippen molar-refractivity contribution in [3.05, 3.63) is 152 Å². The first kappa shape index (κ1) is 22.7. The number of hydrogen-bond donors (Lipinski definition) is 0. The fraction of sp³-hybridized carbons (Fsp3) is 0. The number of fused-ring (bicyclic) bond motifs is 4. The van der Waals surface area contributed by atoms with Gasteiger partial charge in [-0.2, -0.15) is 0 Å². The molecule has 2 aliphatic rings. The molecule has 6 aromatic rings. The van der Waals surface area contributed by atoms with Crippen molar-refractivity contribution in [3.63, 3.8) is 0 Å². The molecule has 8 rings (SSSR count). The van der Waals surface area contributed by atoms with E-state index in [4.69, 9.17) is 4.65 Å². The molecule has 0 aromatic heterocycles. The molecule has 0 bridgehead atoms. The fourth-order valence-electron chi connectivity index (χ4n) is 6.13. The molecule has 3 nitrogen and oxygen atoms in total. The van der Waals surface area contributed by atoms with E-state index in [0.29, 0.717) is 0 Å². The van der Waals surface area contributed by atoms with E-state index < -0.39 is 0 Å². The van der Waals surface area contributed by atoms with Gasteiger partial charge in [0, 0.05) is 45.2 Å². The largest absolute Gasteiger partial charge is 0.551 e. The van der Waals surface area contributed by atoms with Gasteiger partial charge in [0.05, 0.1) is 0 Å². The van der Waals surface area contributed by atoms with Crippen molar-refractivity contribution in [2.24, 2.45) is 0 Å². The van der Waals surface area contributed by atoms with E-state index in [9.17, 15) is 0 Å². The van der Waals surface area contributed by atoms with Gasteiger partial charge >= 0.3 is 6.92 Å². The van der Waals surface area contributed by atoms with Gasteiger partial charge in [0.1, 0.15) is 5.75 Å². The number of anilines is 6. The van der Waals surface area contributed by atoms with Crippen LogP contribution in [-0.4, -0.2) is 6.92 Å². The Balaban J connectivity index is 1.46. The summed E-state index contributed by atoms with van der Waals surface area (Å²) < 4.78 is 6.78. The zero-order valence-electron chi connectivity index (χ0n) is 21.8. The van der Waals surface area contributed by atoms with Crippen LogP contribution in [0.25, 0.3) is 11.1 Å². The second-order valence-corrected chi connectivity index (χ2v) is 10.2. The summed E-state index contributed by atoms with van der Waals surface area (Å²) in [6.07, 6.45) is 0. The zero-order chi connectivity index (χ0) is 26.5. The number of nitrogens with zero attached hydrogens (tertiary/aromatic N) is 2. The summed E-state index contributed by atoms with van der Waals surface area (Å²) in [5.41, 5.74) is 11.4.